The van der Waals surface area contributed by atoms with Crippen LogP contribution in [-0.2, 0) is 0 Å². The summed E-state index contributed by atoms with van der Waals surface area (Å²) in [5.41, 5.74) is 0.491. The molecule has 0 aliphatic rings. The van der Waals surface area contributed by atoms with Crippen LogP contribution in [-0.4, -0.2) is 17.2 Å². The summed E-state index contributed by atoms with van der Waals surface area (Å²) in [6, 6.07) is 0. The van der Waals surface area contributed by atoms with Gasteiger partial charge in [0.2, 0.25) is 0 Å². The Morgan fingerprint density at radius 2 is 2.00 bits per heavy atom. The normalized spacial score (nSPS) is 10.0. The summed E-state index contributed by atoms with van der Waals surface area (Å²) in [6.07, 6.45) is 0. The van der Waals surface area contributed by atoms with Gasteiger partial charge in [-0.1, -0.05) is 15.9 Å². The average molecular weight is 286 g/mol. The first-order chi connectivity index (χ1) is 4.63. The Balaban J connectivity index is 3.10. The molecule has 1 aromatic rings. The van der Waals surface area contributed by atoms with Gasteiger partial charge in [0.05, 0.1) is 3.79 Å². The Bertz CT molecular complexity index is 218. The molecule has 0 amide bonds. The Kier molecular flexibility index (Phi) is 2.94. The Morgan fingerprint density at radius 3 is 2.20 bits per heavy atom. The molecule has 0 unspecified atom stereocenters. The van der Waals surface area contributed by atoms with E-state index in [0.717, 1.165) is 8.26 Å². The van der Waals surface area contributed by atoms with Crippen LogP contribution < -0.4 is 5.46 Å². The summed E-state index contributed by atoms with van der Waals surface area (Å²) in [5.74, 6) is 0. The van der Waals surface area contributed by atoms with Crippen molar-refractivity contribution < 1.29 is 10.0 Å². The zero-order valence-electron chi connectivity index (χ0n) is 4.71. The van der Waals surface area contributed by atoms with E-state index in [2.05, 4.69) is 31.9 Å². The first-order valence-corrected chi connectivity index (χ1v) is 4.88. The minimum Gasteiger partial charge on any atom is -0.423 e. The zero-order chi connectivity index (χ0) is 7.72. The lowest BCUT2D eigenvalue weighted by Crippen LogP contribution is -2.30. The molecule has 54 valence electrons. The molecule has 0 aliphatic carbocycles. The Hall–Kier alpha value is 0.645. The zero-order valence-corrected chi connectivity index (χ0v) is 8.70. The average Bonchev–Trinajstić information content (AvgIpc) is 2.11. The smallest absolute Gasteiger partial charge is 0.423 e. The second-order valence-corrected chi connectivity index (χ2v) is 4.70. The van der Waals surface area contributed by atoms with Crippen molar-refractivity contribution in [3.63, 3.8) is 0 Å². The van der Waals surface area contributed by atoms with Crippen molar-refractivity contribution in [1.29, 1.82) is 0 Å². The van der Waals surface area contributed by atoms with Crippen molar-refractivity contribution in [2.75, 3.05) is 0 Å². The van der Waals surface area contributed by atoms with Crippen LogP contribution in [0.15, 0.2) is 13.6 Å². The van der Waals surface area contributed by atoms with E-state index in [4.69, 9.17) is 10.0 Å². The summed E-state index contributed by atoms with van der Waals surface area (Å²) < 4.78 is 1.47. The maximum atomic E-state index is 8.78. The van der Waals surface area contributed by atoms with Gasteiger partial charge in [-0.15, -0.1) is 11.3 Å². The molecule has 0 aliphatic heterocycles. The first kappa shape index (κ1) is 8.74. The molecule has 0 bridgehead atoms. The van der Waals surface area contributed by atoms with Crippen molar-refractivity contribution in [3.8, 4) is 0 Å². The van der Waals surface area contributed by atoms with Crippen LogP contribution in [0.4, 0.5) is 0 Å². The molecule has 1 rings (SSSR count). The lowest BCUT2D eigenvalue weighted by atomic mass is 9.83. The summed E-state index contributed by atoms with van der Waals surface area (Å²) in [6.45, 7) is 0. The lowest BCUT2D eigenvalue weighted by molar-refractivity contribution is 0.425. The summed E-state index contributed by atoms with van der Waals surface area (Å²) >= 11 is 7.77. The molecule has 0 fully saturated rings. The number of hydrogen-bond acceptors (Lipinski definition) is 3. The van der Waals surface area contributed by atoms with Gasteiger partial charge in [0.15, 0.2) is 0 Å². The van der Waals surface area contributed by atoms with Gasteiger partial charge in [0, 0.05) is 15.3 Å². The molecule has 0 radical (unpaired) electrons. The van der Waals surface area contributed by atoms with E-state index in [-0.39, 0.29) is 0 Å². The van der Waals surface area contributed by atoms with Crippen molar-refractivity contribution in [2.24, 2.45) is 0 Å². The van der Waals surface area contributed by atoms with E-state index >= 15 is 0 Å². The van der Waals surface area contributed by atoms with Crippen LogP contribution in [0.25, 0.3) is 0 Å². The largest absolute Gasteiger partial charge is 0.491 e. The van der Waals surface area contributed by atoms with Gasteiger partial charge < -0.3 is 10.0 Å². The van der Waals surface area contributed by atoms with E-state index in [1.165, 1.54) is 11.3 Å². The van der Waals surface area contributed by atoms with Crippen LogP contribution in [0.3, 0.4) is 0 Å². The maximum absolute atomic E-state index is 8.78. The van der Waals surface area contributed by atoms with E-state index in [0.29, 0.717) is 5.46 Å². The van der Waals surface area contributed by atoms with E-state index < -0.39 is 7.12 Å². The van der Waals surface area contributed by atoms with E-state index in [1.807, 2.05) is 0 Å². The molecule has 10 heavy (non-hydrogen) atoms. The van der Waals surface area contributed by atoms with Crippen LogP contribution in [0.1, 0.15) is 0 Å². The van der Waals surface area contributed by atoms with Crippen molar-refractivity contribution >= 4 is 55.8 Å². The van der Waals surface area contributed by atoms with Gasteiger partial charge in [-0.3, -0.25) is 0 Å². The molecular formula is C4H3BBr2O2S. The SMILES string of the molecule is OB(O)c1c(Br)csc1Br. The molecule has 0 spiro atoms. The van der Waals surface area contributed by atoms with Crippen LogP contribution >= 0.6 is 43.2 Å². The van der Waals surface area contributed by atoms with Gasteiger partial charge in [-0.05, 0) is 15.9 Å². The summed E-state index contributed by atoms with van der Waals surface area (Å²) in [7, 11) is -1.41. The maximum Gasteiger partial charge on any atom is 0.491 e. The molecule has 2 nitrogen and oxygen atoms in total. The van der Waals surface area contributed by atoms with Gasteiger partial charge in [0.1, 0.15) is 0 Å². The molecule has 1 aromatic heterocycles. The van der Waals surface area contributed by atoms with Gasteiger partial charge >= 0.3 is 7.12 Å². The van der Waals surface area contributed by atoms with Crippen molar-refractivity contribution in [2.45, 2.75) is 0 Å². The van der Waals surface area contributed by atoms with Crippen molar-refractivity contribution in [1.82, 2.24) is 0 Å². The molecule has 0 saturated carbocycles. The van der Waals surface area contributed by atoms with Crippen LogP contribution in [0, 0.1) is 0 Å². The second kappa shape index (κ2) is 3.36. The predicted molar refractivity (Wildman–Crippen MR) is 49.5 cm³/mol. The van der Waals surface area contributed by atoms with Crippen LogP contribution in [0.5, 0.6) is 0 Å². The predicted octanol–water partition coefficient (Wildman–Crippen LogP) is 0.953. The minimum atomic E-state index is -1.41. The number of hydrogen-bond donors (Lipinski definition) is 2. The molecule has 0 atom stereocenters. The molecule has 1 heterocycles. The first-order valence-electron chi connectivity index (χ1n) is 2.41. The second-order valence-electron chi connectivity index (χ2n) is 1.64. The Morgan fingerprint density at radius 1 is 1.40 bits per heavy atom. The highest BCUT2D eigenvalue weighted by Gasteiger charge is 2.19. The fraction of sp³-hybridized carbons (Fsp3) is 0. The molecular weight excluding hydrogens is 283 g/mol. The van der Waals surface area contributed by atoms with E-state index in [1.54, 1.807) is 5.38 Å². The Labute approximate surface area is 79.3 Å². The summed E-state index contributed by atoms with van der Waals surface area (Å²) in [5, 5.41) is 19.3. The third-order valence-electron chi connectivity index (χ3n) is 0.993. The quantitative estimate of drug-likeness (QED) is 0.755. The van der Waals surface area contributed by atoms with Gasteiger partial charge in [0.25, 0.3) is 0 Å². The van der Waals surface area contributed by atoms with E-state index in [9.17, 15) is 0 Å². The monoisotopic (exact) mass is 284 g/mol. The van der Waals surface area contributed by atoms with Crippen molar-refractivity contribution in [3.05, 3.63) is 13.6 Å². The number of rotatable bonds is 1. The fourth-order valence-corrected chi connectivity index (χ4v) is 3.00. The third kappa shape index (κ3) is 1.62. The number of halogens is 2. The highest BCUT2D eigenvalue weighted by atomic mass is 79.9. The van der Waals surface area contributed by atoms with Crippen LogP contribution in [0.2, 0.25) is 0 Å². The minimum absolute atomic E-state index is 0.491. The molecule has 2 N–H and O–H groups in total. The highest BCUT2D eigenvalue weighted by molar-refractivity contribution is 9.11. The lowest BCUT2D eigenvalue weighted by Gasteiger charge is -1.95. The van der Waals surface area contributed by atoms with Gasteiger partial charge in [-0.25, -0.2) is 0 Å². The highest BCUT2D eigenvalue weighted by Crippen LogP contribution is 2.22. The molecule has 6 heteroatoms. The van der Waals surface area contributed by atoms with Gasteiger partial charge in [-0.2, -0.15) is 0 Å². The fourth-order valence-electron chi connectivity index (χ4n) is 0.549. The third-order valence-corrected chi connectivity index (χ3v) is 3.72. The number of thiophene rings is 1. The molecule has 0 saturated heterocycles. The summed E-state index contributed by atoms with van der Waals surface area (Å²) in [4.78, 5) is 0. The molecule has 0 aromatic carbocycles. The topological polar surface area (TPSA) is 40.5 Å². The standard InChI is InChI=1S/C4H3BBr2O2S/c6-2-1-10-4(7)3(2)5(8)9/h1,8-9H.